The highest BCUT2D eigenvalue weighted by atomic mass is 79.9. The summed E-state index contributed by atoms with van der Waals surface area (Å²) < 4.78 is 5.98. The van der Waals surface area contributed by atoms with Gasteiger partial charge in [-0.2, -0.15) is 0 Å². The van der Waals surface area contributed by atoms with Gasteiger partial charge in [-0.05, 0) is 34.1 Å². The summed E-state index contributed by atoms with van der Waals surface area (Å²) in [7, 11) is 1.30. The summed E-state index contributed by atoms with van der Waals surface area (Å²) in [6.45, 7) is 0.348. The van der Waals surface area contributed by atoms with E-state index in [2.05, 4.69) is 21.2 Å². The van der Waals surface area contributed by atoms with Crippen LogP contribution in [0.1, 0.15) is 15.2 Å². The van der Waals surface area contributed by atoms with Gasteiger partial charge in [-0.3, -0.25) is 14.9 Å². The standard InChI is InChI=1S/C13H11BrN2O4S/c1-20-12-9(3-2-4-10(12)16(18)19)13(17)15-7-8-5-6-11(14)21-8/h2-6H,7H2,1H3,(H,15,17). The number of hydrogen-bond acceptors (Lipinski definition) is 5. The van der Waals surface area contributed by atoms with E-state index in [9.17, 15) is 14.9 Å². The number of nitro benzene ring substituents is 1. The molecular formula is C13H11BrN2O4S. The number of ether oxygens (including phenoxy) is 1. The molecule has 110 valence electrons. The lowest BCUT2D eigenvalue weighted by Crippen LogP contribution is -2.23. The minimum Gasteiger partial charge on any atom is -0.490 e. The van der Waals surface area contributed by atoms with Gasteiger partial charge in [0, 0.05) is 10.9 Å². The van der Waals surface area contributed by atoms with Crippen LogP contribution in [-0.4, -0.2) is 17.9 Å². The second-order valence-electron chi connectivity index (χ2n) is 4.00. The number of hydrogen-bond donors (Lipinski definition) is 1. The first kappa shape index (κ1) is 15.5. The average Bonchev–Trinajstić information content (AvgIpc) is 2.89. The number of para-hydroxylation sites is 1. The monoisotopic (exact) mass is 370 g/mol. The van der Waals surface area contributed by atoms with Crippen LogP contribution in [0.2, 0.25) is 0 Å². The zero-order valence-corrected chi connectivity index (χ0v) is 13.4. The molecule has 6 nitrogen and oxygen atoms in total. The Morgan fingerprint density at radius 1 is 1.43 bits per heavy atom. The summed E-state index contributed by atoms with van der Waals surface area (Å²) in [5.41, 5.74) is -0.0914. The molecule has 0 radical (unpaired) electrons. The van der Waals surface area contributed by atoms with Gasteiger partial charge in [-0.25, -0.2) is 0 Å². The second kappa shape index (κ2) is 6.68. The van der Waals surface area contributed by atoms with Gasteiger partial charge in [0.05, 0.1) is 27.9 Å². The van der Waals surface area contributed by atoms with Crippen molar-refractivity contribution in [2.75, 3.05) is 7.11 Å². The predicted molar refractivity (Wildman–Crippen MR) is 82.8 cm³/mol. The highest BCUT2D eigenvalue weighted by molar-refractivity contribution is 9.11. The Morgan fingerprint density at radius 2 is 2.19 bits per heavy atom. The molecule has 8 heteroatoms. The Bertz CT molecular complexity index is 687. The van der Waals surface area contributed by atoms with Crippen LogP contribution in [0.3, 0.4) is 0 Å². The van der Waals surface area contributed by atoms with E-state index >= 15 is 0 Å². The predicted octanol–water partition coefficient (Wildman–Crippen LogP) is 3.36. The number of nitrogens with one attached hydrogen (secondary N) is 1. The normalized spacial score (nSPS) is 10.2. The lowest BCUT2D eigenvalue weighted by Gasteiger charge is -2.08. The molecule has 0 spiro atoms. The number of carbonyl (C=O) groups is 1. The molecule has 0 aliphatic heterocycles. The van der Waals surface area contributed by atoms with E-state index < -0.39 is 10.8 Å². The van der Waals surface area contributed by atoms with Crippen molar-refractivity contribution in [2.45, 2.75) is 6.54 Å². The summed E-state index contributed by atoms with van der Waals surface area (Å²) >= 11 is 4.85. The highest BCUT2D eigenvalue weighted by Gasteiger charge is 2.22. The first-order valence-electron chi connectivity index (χ1n) is 5.86. The fraction of sp³-hybridized carbons (Fsp3) is 0.154. The Balaban J connectivity index is 2.19. The summed E-state index contributed by atoms with van der Waals surface area (Å²) in [6, 6.07) is 8.02. The number of amides is 1. The Hall–Kier alpha value is -1.93. The van der Waals surface area contributed by atoms with Gasteiger partial charge in [-0.1, -0.05) is 6.07 Å². The number of halogens is 1. The van der Waals surface area contributed by atoms with Crippen LogP contribution in [0.4, 0.5) is 5.69 Å². The zero-order valence-electron chi connectivity index (χ0n) is 11.0. The van der Waals surface area contributed by atoms with Gasteiger partial charge in [0.25, 0.3) is 5.91 Å². The number of rotatable bonds is 5. The van der Waals surface area contributed by atoms with Crippen molar-refractivity contribution in [3.05, 3.63) is 54.7 Å². The summed E-state index contributed by atoms with van der Waals surface area (Å²) in [5, 5.41) is 13.6. The molecule has 2 aromatic rings. The average molecular weight is 371 g/mol. The van der Waals surface area contributed by atoms with Crippen LogP contribution in [0.15, 0.2) is 34.1 Å². The minimum absolute atomic E-state index is 0.0349. The Morgan fingerprint density at radius 3 is 2.76 bits per heavy atom. The molecule has 0 atom stereocenters. The number of nitrogens with zero attached hydrogens (tertiary/aromatic N) is 1. The van der Waals surface area contributed by atoms with E-state index in [1.165, 1.54) is 36.6 Å². The van der Waals surface area contributed by atoms with Crippen LogP contribution in [0, 0.1) is 10.1 Å². The minimum atomic E-state index is -0.577. The quantitative estimate of drug-likeness (QED) is 0.646. The highest BCUT2D eigenvalue weighted by Crippen LogP contribution is 2.30. The molecule has 0 saturated carbocycles. The van der Waals surface area contributed by atoms with E-state index in [1.807, 2.05) is 12.1 Å². The van der Waals surface area contributed by atoms with Gasteiger partial charge < -0.3 is 10.1 Å². The Labute approximate surface area is 133 Å². The molecule has 1 heterocycles. The van der Waals surface area contributed by atoms with E-state index in [4.69, 9.17) is 4.74 Å². The Kier molecular flexibility index (Phi) is 4.92. The first-order valence-corrected chi connectivity index (χ1v) is 7.47. The first-order chi connectivity index (χ1) is 10.0. The van der Waals surface area contributed by atoms with Crippen LogP contribution in [-0.2, 0) is 6.54 Å². The maximum atomic E-state index is 12.2. The van der Waals surface area contributed by atoms with Gasteiger partial charge in [0.1, 0.15) is 0 Å². The molecule has 1 aromatic carbocycles. The second-order valence-corrected chi connectivity index (χ2v) is 6.55. The third-order valence-electron chi connectivity index (χ3n) is 2.69. The molecule has 1 amide bonds. The van der Waals surface area contributed by atoms with Gasteiger partial charge >= 0.3 is 5.69 Å². The zero-order chi connectivity index (χ0) is 15.4. The lowest BCUT2D eigenvalue weighted by atomic mass is 10.1. The van der Waals surface area contributed by atoms with E-state index in [-0.39, 0.29) is 17.0 Å². The van der Waals surface area contributed by atoms with Crippen molar-refractivity contribution >= 4 is 38.9 Å². The molecule has 2 rings (SSSR count). The largest absolute Gasteiger partial charge is 0.490 e. The number of thiophene rings is 1. The third kappa shape index (κ3) is 3.59. The third-order valence-corrected chi connectivity index (χ3v) is 4.32. The maximum Gasteiger partial charge on any atom is 0.311 e. The molecule has 0 fully saturated rings. The van der Waals surface area contributed by atoms with Crippen molar-refractivity contribution in [1.29, 1.82) is 0 Å². The summed E-state index contributed by atoms with van der Waals surface area (Å²) in [6.07, 6.45) is 0. The molecule has 1 aromatic heterocycles. The number of carbonyl (C=O) groups excluding carboxylic acids is 1. The number of methoxy groups -OCH3 is 1. The van der Waals surface area contributed by atoms with Gasteiger partial charge in [-0.15, -0.1) is 11.3 Å². The smallest absolute Gasteiger partial charge is 0.311 e. The molecule has 0 saturated heterocycles. The fourth-order valence-electron chi connectivity index (χ4n) is 1.77. The SMILES string of the molecule is COc1c(C(=O)NCc2ccc(Br)s2)cccc1[N+](=O)[O-]. The molecular weight excluding hydrogens is 360 g/mol. The van der Waals surface area contributed by atoms with Crippen LogP contribution in [0.5, 0.6) is 5.75 Å². The molecule has 0 unspecified atom stereocenters. The topological polar surface area (TPSA) is 81.5 Å². The number of benzene rings is 1. The lowest BCUT2D eigenvalue weighted by molar-refractivity contribution is -0.385. The van der Waals surface area contributed by atoms with E-state index in [0.717, 1.165) is 8.66 Å². The van der Waals surface area contributed by atoms with Gasteiger partial charge in [0.2, 0.25) is 5.75 Å². The van der Waals surface area contributed by atoms with Gasteiger partial charge in [0.15, 0.2) is 0 Å². The van der Waals surface area contributed by atoms with Crippen molar-refractivity contribution in [2.24, 2.45) is 0 Å². The number of nitro groups is 1. The molecule has 1 N–H and O–H groups in total. The fourth-order valence-corrected chi connectivity index (χ4v) is 3.19. The van der Waals surface area contributed by atoms with Crippen molar-refractivity contribution in [3.63, 3.8) is 0 Å². The summed E-state index contributed by atoms with van der Waals surface area (Å²) in [5.74, 6) is -0.451. The van der Waals surface area contributed by atoms with Crippen LogP contribution in [0.25, 0.3) is 0 Å². The molecule has 21 heavy (non-hydrogen) atoms. The van der Waals surface area contributed by atoms with Crippen molar-refractivity contribution in [3.8, 4) is 5.75 Å². The summed E-state index contributed by atoms with van der Waals surface area (Å²) in [4.78, 5) is 23.5. The molecule has 0 aliphatic carbocycles. The van der Waals surface area contributed by atoms with Crippen molar-refractivity contribution < 1.29 is 14.5 Å². The van der Waals surface area contributed by atoms with E-state index in [0.29, 0.717) is 6.54 Å². The van der Waals surface area contributed by atoms with Crippen LogP contribution >= 0.6 is 27.3 Å². The van der Waals surface area contributed by atoms with Crippen molar-refractivity contribution in [1.82, 2.24) is 5.32 Å². The van der Waals surface area contributed by atoms with Crippen LogP contribution < -0.4 is 10.1 Å². The molecule has 0 bridgehead atoms. The molecule has 0 aliphatic rings. The van der Waals surface area contributed by atoms with E-state index in [1.54, 1.807) is 0 Å². The maximum absolute atomic E-state index is 12.2.